The van der Waals surface area contributed by atoms with Crippen molar-refractivity contribution in [3.63, 3.8) is 0 Å². The Morgan fingerprint density at radius 1 is 1.17 bits per heavy atom. The second-order valence-corrected chi connectivity index (χ2v) is 3.67. The van der Waals surface area contributed by atoms with Crippen molar-refractivity contribution >= 4 is 0 Å². The lowest BCUT2D eigenvalue weighted by molar-refractivity contribution is 0.119. The molecule has 0 bridgehead atoms. The van der Waals surface area contributed by atoms with Gasteiger partial charge >= 0.3 is 0 Å². The van der Waals surface area contributed by atoms with Crippen LogP contribution in [0.4, 0.5) is 0 Å². The van der Waals surface area contributed by atoms with Crippen LogP contribution in [0.25, 0.3) is 0 Å². The Labute approximate surface area is 74.5 Å². The highest BCUT2D eigenvalue weighted by Gasteiger charge is 2.22. The minimum Gasteiger partial charge on any atom is -0.314 e. The fourth-order valence-corrected chi connectivity index (χ4v) is 2.05. The summed E-state index contributed by atoms with van der Waals surface area (Å²) in [5, 5.41) is 8.02. The fraction of sp³-hybridized carbons (Fsp3) is 1.00. The van der Waals surface area contributed by atoms with Gasteiger partial charge in [-0.2, -0.15) is 0 Å². The number of hydrogen-bond donors (Lipinski definition) is 1. The molecule has 0 aromatic carbocycles. The topological polar surface area (TPSA) is 29.4 Å². The molecular formula is C9H18N3. The van der Waals surface area contributed by atoms with Gasteiger partial charge in [-0.25, -0.2) is 5.32 Å². The Kier molecular flexibility index (Phi) is 2.98. The first-order valence-corrected chi connectivity index (χ1v) is 5.08. The zero-order valence-electron chi connectivity index (χ0n) is 7.63. The number of rotatable bonds is 1. The van der Waals surface area contributed by atoms with E-state index in [9.17, 15) is 0 Å². The van der Waals surface area contributed by atoms with Crippen LogP contribution < -0.4 is 10.6 Å². The molecule has 2 aliphatic heterocycles. The summed E-state index contributed by atoms with van der Waals surface area (Å²) in [6.07, 6.45) is 4.53. The molecule has 3 nitrogen and oxygen atoms in total. The SMILES string of the molecule is C1CCC(N2CCNCC2)[N]C1. The molecule has 0 amide bonds. The third-order valence-corrected chi connectivity index (χ3v) is 2.78. The highest BCUT2D eigenvalue weighted by molar-refractivity contribution is 4.77. The maximum Gasteiger partial charge on any atom is 0.0761 e. The molecule has 69 valence electrons. The molecule has 0 aromatic rings. The van der Waals surface area contributed by atoms with Crippen LogP contribution in [0.1, 0.15) is 19.3 Å². The van der Waals surface area contributed by atoms with Crippen LogP contribution in [0.5, 0.6) is 0 Å². The normalized spacial score (nSPS) is 33.5. The molecule has 2 rings (SSSR count). The van der Waals surface area contributed by atoms with Crippen molar-refractivity contribution in [2.45, 2.75) is 25.4 Å². The van der Waals surface area contributed by atoms with Gasteiger partial charge in [0.2, 0.25) is 0 Å². The zero-order chi connectivity index (χ0) is 8.23. The first-order valence-electron chi connectivity index (χ1n) is 5.08. The van der Waals surface area contributed by atoms with Crippen molar-refractivity contribution in [3.05, 3.63) is 0 Å². The minimum atomic E-state index is 0.556. The van der Waals surface area contributed by atoms with E-state index >= 15 is 0 Å². The lowest BCUT2D eigenvalue weighted by Crippen LogP contribution is -2.52. The van der Waals surface area contributed by atoms with Crippen LogP contribution in [-0.2, 0) is 0 Å². The molecule has 0 aliphatic carbocycles. The van der Waals surface area contributed by atoms with Crippen molar-refractivity contribution in [2.24, 2.45) is 0 Å². The van der Waals surface area contributed by atoms with E-state index in [1.54, 1.807) is 0 Å². The van der Waals surface area contributed by atoms with Gasteiger partial charge in [-0.1, -0.05) is 0 Å². The number of piperazine rings is 1. The summed E-state index contributed by atoms with van der Waals surface area (Å²) in [6, 6.07) is 0. The molecule has 2 aliphatic rings. The second kappa shape index (κ2) is 4.21. The maximum atomic E-state index is 4.65. The van der Waals surface area contributed by atoms with Crippen LogP contribution in [0, 0.1) is 0 Å². The highest BCUT2D eigenvalue weighted by Crippen LogP contribution is 2.12. The molecule has 2 heterocycles. The smallest absolute Gasteiger partial charge is 0.0761 e. The molecule has 2 fully saturated rings. The van der Waals surface area contributed by atoms with Gasteiger partial charge < -0.3 is 5.32 Å². The summed E-state index contributed by atoms with van der Waals surface area (Å²) >= 11 is 0. The van der Waals surface area contributed by atoms with Crippen molar-refractivity contribution in [1.82, 2.24) is 15.5 Å². The first-order chi connectivity index (χ1) is 5.97. The molecule has 1 unspecified atom stereocenters. The van der Waals surface area contributed by atoms with Gasteiger partial charge in [0.15, 0.2) is 0 Å². The van der Waals surface area contributed by atoms with Gasteiger partial charge in [-0.15, -0.1) is 0 Å². The number of piperidine rings is 1. The van der Waals surface area contributed by atoms with Crippen LogP contribution in [0.15, 0.2) is 0 Å². The van der Waals surface area contributed by atoms with E-state index in [1.165, 1.54) is 32.4 Å². The summed E-state index contributed by atoms with van der Waals surface area (Å²) in [5.41, 5.74) is 0. The standard InChI is InChI=1S/C9H18N3/c1-2-4-11-9(3-1)12-7-5-10-6-8-12/h9-10H,1-8H2. The van der Waals surface area contributed by atoms with Gasteiger partial charge in [-0.05, 0) is 19.3 Å². The molecule has 1 radical (unpaired) electrons. The third-order valence-electron chi connectivity index (χ3n) is 2.78. The van der Waals surface area contributed by atoms with E-state index in [0.29, 0.717) is 6.17 Å². The zero-order valence-corrected chi connectivity index (χ0v) is 7.63. The largest absolute Gasteiger partial charge is 0.314 e. The lowest BCUT2D eigenvalue weighted by atomic mass is 10.1. The number of nitrogens with zero attached hydrogens (tertiary/aromatic N) is 2. The summed E-state index contributed by atoms with van der Waals surface area (Å²) in [6.45, 7) is 5.76. The minimum absolute atomic E-state index is 0.556. The number of hydrogen-bond acceptors (Lipinski definition) is 2. The maximum absolute atomic E-state index is 4.65. The Morgan fingerprint density at radius 2 is 2.00 bits per heavy atom. The third kappa shape index (κ3) is 1.97. The predicted octanol–water partition coefficient (Wildman–Crippen LogP) is 0.00600. The second-order valence-electron chi connectivity index (χ2n) is 3.67. The molecule has 2 saturated heterocycles. The van der Waals surface area contributed by atoms with E-state index in [1.807, 2.05) is 0 Å². The summed E-state index contributed by atoms with van der Waals surface area (Å²) in [4.78, 5) is 2.52. The van der Waals surface area contributed by atoms with Gasteiger partial charge in [0.05, 0.1) is 6.17 Å². The summed E-state index contributed by atoms with van der Waals surface area (Å²) < 4.78 is 0. The Hall–Kier alpha value is -0.120. The van der Waals surface area contributed by atoms with Crippen LogP contribution in [0.3, 0.4) is 0 Å². The molecule has 12 heavy (non-hydrogen) atoms. The molecule has 3 heteroatoms. The van der Waals surface area contributed by atoms with Gasteiger partial charge in [0.25, 0.3) is 0 Å². The molecule has 0 saturated carbocycles. The monoisotopic (exact) mass is 168 g/mol. The van der Waals surface area contributed by atoms with Crippen LogP contribution >= 0.6 is 0 Å². The summed E-state index contributed by atoms with van der Waals surface area (Å²) in [7, 11) is 0. The molecule has 0 spiro atoms. The van der Waals surface area contributed by atoms with E-state index in [0.717, 1.165) is 19.6 Å². The van der Waals surface area contributed by atoms with Gasteiger partial charge in [0, 0.05) is 32.7 Å². The van der Waals surface area contributed by atoms with Crippen LogP contribution in [-0.4, -0.2) is 43.8 Å². The van der Waals surface area contributed by atoms with E-state index in [2.05, 4.69) is 15.5 Å². The predicted molar refractivity (Wildman–Crippen MR) is 49.1 cm³/mol. The average Bonchev–Trinajstić information content (AvgIpc) is 2.21. The van der Waals surface area contributed by atoms with Crippen molar-refractivity contribution in [3.8, 4) is 0 Å². The Balaban J connectivity index is 1.80. The highest BCUT2D eigenvalue weighted by atomic mass is 15.3. The quantitative estimate of drug-likeness (QED) is 0.597. The van der Waals surface area contributed by atoms with Gasteiger partial charge in [-0.3, -0.25) is 4.90 Å². The Morgan fingerprint density at radius 3 is 2.67 bits per heavy atom. The molecule has 0 aromatic heterocycles. The lowest BCUT2D eigenvalue weighted by Gasteiger charge is -2.36. The molecular weight excluding hydrogens is 150 g/mol. The van der Waals surface area contributed by atoms with Crippen LogP contribution in [0.2, 0.25) is 0 Å². The van der Waals surface area contributed by atoms with E-state index < -0.39 is 0 Å². The molecule has 1 atom stereocenters. The van der Waals surface area contributed by atoms with Gasteiger partial charge in [0.1, 0.15) is 0 Å². The number of nitrogens with one attached hydrogen (secondary N) is 1. The average molecular weight is 168 g/mol. The Bertz CT molecular complexity index is 110. The van der Waals surface area contributed by atoms with E-state index in [-0.39, 0.29) is 0 Å². The van der Waals surface area contributed by atoms with Crippen molar-refractivity contribution < 1.29 is 0 Å². The van der Waals surface area contributed by atoms with Crippen molar-refractivity contribution in [1.29, 1.82) is 0 Å². The van der Waals surface area contributed by atoms with E-state index in [4.69, 9.17) is 0 Å². The van der Waals surface area contributed by atoms with Crippen molar-refractivity contribution in [2.75, 3.05) is 32.7 Å². The first kappa shape index (κ1) is 8.48. The fourth-order valence-electron chi connectivity index (χ4n) is 2.05. The summed E-state index contributed by atoms with van der Waals surface area (Å²) in [5.74, 6) is 0. The molecule has 1 N–H and O–H groups in total.